The first-order valence-electron chi connectivity index (χ1n) is 3.58. The first-order valence-corrected chi connectivity index (χ1v) is 3.58. The summed E-state index contributed by atoms with van der Waals surface area (Å²) in [6.07, 6.45) is 5.74. The molecule has 0 heteroatoms. The minimum atomic E-state index is 0.888. The minimum Gasteiger partial charge on any atom is -0.0941 e. The molecule has 0 radical (unpaired) electrons. The van der Waals surface area contributed by atoms with Gasteiger partial charge in [0.25, 0.3) is 0 Å². The van der Waals surface area contributed by atoms with E-state index in [-0.39, 0.29) is 0 Å². The third-order valence-corrected chi connectivity index (χ3v) is 1.38. The zero-order valence-electron chi connectivity index (χ0n) is 6.78. The molecule has 0 aliphatic heterocycles. The minimum absolute atomic E-state index is 0.888. The topological polar surface area (TPSA) is 0 Å². The van der Waals surface area contributed by atoms with Gasteiger partial charge in [0.15, 0.2) is 0 Å². The van der Waals surface area contributed by atoms with Crippen molar-refractivity contribution in [2.24, 2.45) is 0 Å². The summed E-state index contributed by atoms with van der Waals surface area (Å²) in [5.41, 5.74) is 1.40. The second kappa shape index (κ2) is 6.16. The molecule has 54 valence electrons. The number of hydrogen-bond acceptors (Lipinski definition) is 0. The van der Waals surface area contributed by atoms with Crippen LogP contribution in [0.5, 0.6) is 0 Å². The molecule has 0 bridgehead atoms. The van der Waals surface area contributed by atoms with Crippen molar-refractivity contribution in [3.63, 3.8) is 0 Å². The predicted molar refractivity (Wildman–Crippen MR) is 46.6 cm³/mol. The van der Waals surface area contributed by atoms with Crippen molar-refractivity contribution in [1.29, 1.82) is 0 Å². The summed E-state index contributed by atoms with van der Waals surface area (Å²) in [5.74, 6) is 5.82. The van der Waals surface area contributed by atoms with Gasteiger partial charge in [0.2, 0.25) is 0 Å². The predicted octanol–water partition coefficient (Wildman–Crippen LogP) is 2.92. The van der Waals surface area contributed by atoms with Crippen LogP contribution >= 0.6 is 0 Å². The Morgan fingerprint density at radius 2 is 2.30 bits per heavy atom. The zero-order chi connectivity index (χ0) is 7.82. The maximum absolute atomic E-state index is 3.52. The average molecular weight is 134 g/mol. The van der Waals surface area contributed by atoms with Crippen molar-refractivity contribution in [2.45, 2.75) is 26.7 Å². The summed E-state index contributed by atoms with van der Waals surface area (Å²) >= 11 is 0. The first-order chi connectivity index (χ1) is 4.85. The van der Waals surface area contributed by atoms with Crippen LogP contribution < -0.4 is 0 Å². The van der Waals surface area contributed by atoms with Gasteiger partial charge in [-0.25, -0.2) is 0 Å². The van der Waals surface area contributed by atoms with Crippen LogP contribution in [0.3, 0.4) is 0 Å². The molecule has 0 rings (SSSR count). The second-order valence-corrected chi connectivity index (χ2v) is 2.00. The van der Waals surface area contributed by atoms with Crippen LogP contribution in [0.2, 0.25) is 0 Å². The van der Waals surface area contributed by atoms with Crippen molar-refractivity contribution >= 4 is 0 Å². The van der Waals surface area contributed by atoms with Gasteiger partial charge in [-0.1, -0.05) is 37.0 Å². The Morgan fingerprint density at radius 3 is 2.70 bits per heavy atom. The maximum atomic E-state index is 3.52. The van der Waals surface area contributed by atoms with Gasteiger partial charge >= 0.3 is 0 Å². The Labute approximate surface area is 63.6 Å². The Morgan fingerprint density at radius 1 is 1.60 bits per heavy atom. The number of hydrogen-bond donors (Lipinski definition) is 0. The Kier molecular flexibility index (Phi) is 5.57. The van der Waals surface area contributed by atoms with E-state index in [2.05, 4.69) is 38.3 Å². The van der Waals surface area contributed by atoms with Crippen LogP contribution in [-0.4, -0.2) is 0 Å². The third kappa shape index (κ3) is 3.97. The summed E-state index contributed by atoms with van der Waals surface area (Å²) < 4.78 is 0. The molecule has 0 aromatic rings. The fraction of sp³-hybridized carbons (Fsp3) is 0.400. The molecular weight excluding hydrogens is 120 g/mol. The highest BCUT2D eigenvalue weighted by Crippen LogP contribution is 2.03. The summed E-state index contributed by atoms with van der Waals surface area (Å²) in [4.78, 5) is 0. The average Bonchev–Trinajstić information content (AvgIpc) is 1.99. The standard InChI is InChI=1S/C10H14/c1-4-7-8-9-10(5-2)6-3/h4-5H,1,6,9H2,2-3H3/b10-5-. The lowest BCUT2D eigenvalue weighted by molar-refractivity contribution is 1.04. The van der Waals surface area contributed by atoms with E-state index in [0.717, 1.165) is 12.8 Å². The van der Waals surface area contributed by atoms with Crippen molar-refractivity contribution < 1.29 is 0 Å². The van der Waals surface area contributed by atoms with Gasteiger partial charge in [0.05, 0.1) is 0 Å². The van der Waals surface area contributed by atoms with Gasteiger partial charge in [-0.3, -0.25) is 0 Å². The van der Waals surface area contributed by atoms with E-state index >= 15 is 0 Å². The van der Waals surface area contributed by atoms with Gasteiger partial charge in [0, 0.05) is 6.42 Å². The highest BCUT2D eigenvalue weighted by atomic mass is 13.9. The summed E-state index contributed by atoms with van der Waals surface area (Å²) in [5, 5.41) is 0. The molecule has 0 atom stereocenters. The molecule has 0 unspecified atom stereocenters. The molecule has 0 aromatic carbocycles. The lowest BCUT2D eigenvalue weighted by Crippen LogP contribution is -1.75. The molecule has 0 aromatic heterocycles. The van der Waals surface area contributed by atoms with Crippen LogP contribution in [0.15, 0.2) is 24.3 Å². The third-order valence-electron chi connectivity index (χ3n) is 1.38. The molecule has 0 fully saturated rings. The van der Waals surface area contributed by atoms with Crippen molar-refractivity contribution in [1.82, 2.24) is 0 Å². The Balaban J connectivity index is 3.76. The molecule has 0 spiro atoms. The molecule has 0 amide bonds. The fourth-order valence-corrected chi connectivity index (χ4v) is 0.668. The van der Waals surface area contributed by atoms with Gasteiger partial charge in [-0.2, -0.15) is 0 Å². The zero-order valence-corrected chi connectivity index (χ0v) is 6.78. The second-order valence-electron chi connectivity index (χ2n) is 2.00. The molecule has 0 heterocycles. The summed E-state index contributed by atoms with van der Waals surface area (Å²) in [6.45, 7) is 7.71. The molecule has 0 nitrogen and oxygen atoms in total. The molecule has 0 saturated heterocycles. The lowest BCUT2D eigenvalue weighted by Gasteiger charge is -1.93. The summed E-state index contributed by atoms with van der Waals surface area (Å²) in [6, 6.07) is 0. The molecular formula is C10H14. The van der Waals surface area contributed by atoms with E-state index in [1.54, 1.807) is 6.08 Å². The quantitative estimate of drug-likeness (QED) is 0.402. The first kappa shape index (κ1) is 9.04. The summed E-state index contributed by atoms with van der Waals surface area (Å²) in [7, 11) is 0. The van der Waals surface area contributed by atoms with Crippen molar-refractivity contribution in [3.8, 4) is 11.8 Å². The van der Waals surface area contributed by atoms with Crippen LogP contribution in [0.4, 0.5) is 0 Å². The lowest BCUT2D eigenvalue weighted by atomic mass is 10.1. The normalized spacial score (nSPS) is 10.0. The Bertz CT molecular complexity index is 174. The molecule has 10 heavy (non-hydrogen) atoms. The smallest absolute Gasteiger partial charge is 0.0302 e. The van der Waals surface area contributed by atoms with Crippen molar-refractivity contribution in [2.75, 3.05) is 0 Å². The molecule has 0 aliphatic rings. The van der Waals surface area contributed by atoms with E-state index < -0.39 is 0 Å². The molecule has 0 N–H and O–H groups in total. The highest BCUT2D eigenvalue weighted by molar-refractivity contribution is 5.18. The Hall–Kier alpha value is -0.960. The number of allylic oxidation sites excluding steroid dienone is 3. The van der Waals surface area contributed by atoms with Gasteiger partial charge in [-0.05, 0) is 19.4 Å². The SMILES string of the molecule is C=CC#CC/C(=C\C)CC. The van der Waals surface area contributed by atoms with Crippen molar-refractivity contribution in [3.05, 3.63) is 24.3 Å². The van der Waals surface area contributed by atoms with E-state index in [1.165, 1.54) is 5.57 Å². The highest BCUT2D eigenvalue weighted by Gasteiger charge is 1.85. The molecule has 0 aliphatic carbocycles. The van der Waals surface area contributed by atoms with Gasteiger partial charge in [-0.15, -0.1) is 0 Å². The van der Waals surface area contributed by atoms with Crippen LogP contribution in [-0.2, 0) is 0 Å². The fourth-order valence-electron chi connectivity index (χ4n) is 0.668. The van der Waals surface area contributed by atoms with Gasteiger partial charge < -0.3 is 0 Å². The van der Waals surface area contributed by atoms with Crippen LogP contribution in [0, 0.1) is 11.8 Å². The van der Waals surface area contributed by atoms with Crippen LogP contribution in [0.25, 0.3) is 0 Å². The number of rotatable bonds is 2. The van der Waals surface area contributed by atoms with Crippen LogP contribution in [0.1, 0.15) is 26.7 Å². The van der Waals surface area contributed by atoms with Gasteiger partial charge in [0.1, 0.15) is 0 Å². The molecule has 0 saturated carbocycles. The monoisotopic (exact) mass is 134 g/mol. The van der Waals surface area contributed by atoms with E-state index in [4.69, 9.17) is 0 Å². The maximum Gasteiger partial charge on any atom is 0.0302 e. The van der Waals surface area contributed by atoms with E-state index in [9.17, 15) is 0 Å². The largest absolute Gasteiger partial charge is 0.0941 e. The van der Waals surface area contributed by atoms with E-state index in [0.29, 0.717) is 0 Å². The van der Waals surface area contributed by atoms with E-state index in [1.807, 2.05) is 0 Å².